The second-order valence-corrected chi connectivity index (χ2v) is 4.68. The summed E-state index contributed by atoms with van der Waals surface area (Å²) in [6.45, 7) is -0.0700. The number of ether oxygens (including phenoxy) is 1. The van der Waals surface area contributed by atoms with Crippen LogP contribution in [-0.2, 0) is 13.2 Å². The van der Waals surface area contributed by atoms with Gasteiger partial charge in [0.1, 0.15) is 12.4 Å². The maximum Gasteiger partial charge on any atom is 0.222 e. The SMILES string of the molecule is OCc1cc2ccccc2c(OCc2ccccc2F)n1. The molecule has 0 saturated heterocycles. The van der Waals surface area contributed by atoms with Gasteiger partial charge < -0.3 is 9.84 Å². The van der Waals surface area contributed by atoms with E-state index in [0.29, 0.717) is 17.1 Å². The molecular formula is C17H14FNO2. The fourth-order valence-electron chi connectivity index (χ4n) is 2.17. The van der Waals surface area contributed by atoms with Crippen LogP contribution in [0.3, 0.4) is 0 Å². The molecule has 0 fully saturated rings. The predicted octanol–water partition coefficient (Wildman–Crippen LogP) is 3.45. The second-order valence-electron chi connectivity index (χ2n) is 4.68. The fourth-order valence-corrected chi connectivity index (χ4v) is 2.17. The lowest BCUT2D eigenvalue weighted by Gasteiger charge is -2.10. The summed E-state index contributed by atoms with van der Waals surface area (Å²) in [5.41, 5.74) is 0.995. The van der Waals surface area contributed by atoms with Crippen molar-refractivity contribution in [3.05, 3.63) is 71.7 Å². The Kier molecular flexibility index (Phi) is 3.79. The molecule has 1 aromatic heterocycles. The Balaban J connectivity index is 1.94. The molecule has 3 rings (SSSR count). The van der Waals surface area contributed by atoms with Crippen LogP contribution in [0.15, 0.2) is 54.6 Å². The Morgan fingerprint density at radius 3 is 2.62 bits per heavy atom. The zero-order valence-electron chi connectivity index (χ0n) is 11.3. The van der Waals surface area contributed by atoms with Gasteiger partial charge in [0.15, 0.2) is 0 Å². The number of nitrogens with zero attached hydrogens (tertiary/aromatic N) is 1. The molecule has 0 radical (unpaired) electrons. The van der Waals surface area contributed by atoms with Gasteiger partial charge in [-0.05, 0) is 23.6 Å². The normalized spacial score (nSPS) is 10.8. The van der Waals surface area contributed by atoms with Gasteiger partial charge in [0.2, 0.25) is 5.88 Å². The number of aliphatic hydroxyl groups excluding tert-OH is 1. The van der Waals surface area contributed by atoms with Crippen LogP contribution in [0.25, 0.3) is 10.8 Å². The van der Waals surface area contributed by atoms with Crippen molar-refractivity contribution in [3.63, 3.8) is 0 Å². The third-order valence-corrected chi connectivity index (χ3v) is 3.24. The van der Waals surface area contributed by atoms with Crippen LogP contribution in [0.4, 0.5) is 4.39 Å². The molecule has 0 aliphatic rings. The molecule has 3 nitrogen and oxygen atoms in total. The summed E-state index contributed by atoms with van der Waals surface area (Å²) in [7, 11) is 0. The Labute approximate surface area is 121 Å². The van der Waals surface area contributed by atoms with Gasteiger partial charge in [-0.3, -0.25) is 0 Å². The Morgan fingerprint density at radius 1 is 1.05 bits per heavy atom. The smallest absolute Gasteiger partial charge is 0.222 e. The van der Waals surface area contributed by atoms with Crippen molar-refractivity contribution >= 4 is 10.8 Å². The van der Waals surface area contributed by atoms with E-state index in [9.17, 15) is 9.50 Å². The van der Waals surface area contributed by atoms with Crippen LogP contribution in [0, 0.1) is 5.82 Å². The highest BCUT2D eigenvalue weighted by molar-refractivity contribution is 5.87. The van der Waals surface area contributed by atoms with E-state index < -0.39 is 0 Å². The Hall–Kier alpha value is -2.46. The van der Waals surface area contributed by atoms with E-state index in [1.807, 2.05) is 30.3 Å². The van der Waals surface area contributed by atoms with Crippen LogP contribution in [-0.4, -0.2) is 10.1 Å². The van der Waals surface area contributed by atoms with E-state index in [1.54, 1.807) is 18.2 Å². The number of hydrogen-bond acceptors (Lipinski definition) is 3. The summed E-state index contributed by atoms with van der Waals surface area (Å²) < 4.78 is 19.3. The van der Waals surface area contributed by atoms with E-state index in [0.717, 1.165) is 10.8 Å². The molecule has 21 heavy (non-hydrogen) atoms. The minimum absolute atomic E-state index is 0.0958. The highest BCUT2D eigenvalue weighted by atomic mass is 19.1. The summed E-state index contributed by atoms with van der Waals surface area (Å²) in [6.07, 6.45) is 0. The average Bonchev–Trinajstić information content (AvgIpc) is 2.53. The third kappa shape index (κ3) is 2.85. The molecule has 1 heterocycles. The molecule has 0 atom stereocenters. The third-order valence-electron chi connectivity index (χ3n) is 3.24. The highest BCUT2D eigenvalue weighted by Crippen LogP contribution is 2.25. The number of hydrogen-bond donors (Lipinski definition) is 1. The van der Waals surface area contributed by atoms with E-state index in [-0.39, 0.29) is 19.0 Å². The molecule has 106 valence electrons. The van der Waals surface area contributed by atoms with Crippen LogP contribution < -0.4 is 4.74 Å². The fraction of sp³-hybridized carbons (Fsp3) is 0.118. The number of aromatic nitrogens is 1. The van der Waals surface area contributed by atoms with Gasteiger partial charge >= 0.3 is 0 Å². The first-order valence-electron chi connectivity index (χ1n) is 6.63. The van der Waals surface area contributed by atoms with Crippen molar-refractivity contribution in [2.45, 2.75) is 13.2 Å². The quantitative estimate of drug-likeness (QED) is 0.797. The summed E-state index contributed by atoms with van der Waals surface area (Å²) in [6, 6.07) is 15.9. The van der Waals surface area contributed by atoms with Gasteiger partial charge in [0.25, 0.3) is 0 Å². The van der Waals surface area contributed by atoms with Gasteiger partial charge in [-0.25, -0.2) is 9.37 Å². The number of benzene rings is 2. The molecule has 0 aliphatic heterocycles. The summed E-state index contributed by atoms with van der Waals surface area (Å²) in [4.78, 5) is 4.27. The van der Waals surface area contributed by atoms with Crippen molar-refractivity contribution in [3.8, 4) is 5.88 Å². The van der Waals surface area contributed by atoms with E-state index in [1.165, 1.54) is 6.07 Å². The molecule has 0 aliphatic carbocycles. The first-order valence-corrected chi connectivity index (χ1v) is 6.63. The minimum Gasteiger partial charge on any atom is -0.472 e. The molecular weight excluding hydrogens is 269 g/mol. The van der Waals surface area contributed by atoms with Crippen LogP contribution in [0.1, 0.15) is 11.3 Å². The second kappa shape index (κ2) is 5.89. The van der Waals surface area contributed by atoms with E-state index >= 15 is 0 Å². The van der Waals surface area contributed by atoms with E-state index in [4.69, 9.17) is 4.74 Å². The minimum atomic E-state index is -0.305. The van der Waals surface area contributed by atoms with Gasteiger partial charge in [0, 0.05) is 10.9 Å². The van der Waals surface area contributed by atoms with Crippen molar-refractivity contribution in [2.75, 3.05) is 0 Å². The molecule has 0 bridgehead atoms. The monoisotopic (exact) mass is 283 g/mol. The summed E-state index contributed by atoms with van der Waals surface area (Å²) in [5, 5.41) is 11.0. The zero-order chi connectivity index (χ0) is 14.7. The van der Waals surface area contributed by atoms with Crippen molar-refractivity contribution < 1.29 is 14.2 Å². The molecule has 0 spiro atoms. The number of fused-ring (bicyclic) bond motifs is 1. The van der Waals surface area contributed by atoms with Crippen molar-refractivity contribution in [1.29, 1.82) is 0 Å². The standard InChI is InChI=1S/C17H14FNO2/c18-16-8-4-2-6-13(16)11-21-17-15-7-3-1-5-12(15)9-14(10-20)19-17/h1-9,20H,10-11H2. The first-order chi connectivity index (χ1) is 10.3. The highest BCUT2D eigenvalue weighted by Gasteiger charge is 2.08. The van der Waals surface area contributed by atoms with Crippen molar-refractivity contribution in [2.24, 2.45) is 0 Å². The largest absolute Gasteiger partial charge is 0.472 e. The van der Waals surface area contributed by atoms with E-state index in [2.05, 4.69) is 4.98 Å². The molecule has 1 N–H and O–H groups in total. The summed E-state index contributed by atoms with van der Waals surface area (Å²) >= 11 is 0. The number of halogens is 1. The van der Waals surface area contributed by atoms with Crippen LogP contribution in [0.2, 0.25) is 0 Å². The zero-order valence-corrected chi connectivity index (χ0v) is 11.3. The van der Waals surface area contributed by atoms with Gasteiger partial charge in [-0.1, -0.05) is 36.4 Å². The number of aliphatic hydroxyl groups is 1. The van der Waals surface area contributed by atoms with Gasteiger partial charge in [0.05, 0.1) is 12.3 Å². The Morgan fingerprint density at radius 2 is 1.81 bits per heavy atom. The molecule has 4 heteroatoms. The topological polar surface area (TPSA) is 42.4 Å². The first kappa shape index (κ1) is 13.5. The average molecular weight is 283 g/mol. The predicted molar refractivity (Wildman–Crippen MR) is 78.4 cm³/mol. The molecule has 2 aromatic carbocycles. The van der Waals surface area contributed by atoms with Crippen molar-refractivity contribution in [1.82, 2.24) is 4.98 Å². The molecule has 0 unspecified atom stereocenters. The lowest BCUT2D eigenvalue weighted by Crippen LogP contribution is -2.02. The Bertz CT molecular complexity index is 774. The summed E-state index contributed by atoms with van der Waals surface area (Å²) in [5.74, 6) is 0.0977. The van der Waals surface area contributed by atoms with Crippen LogP contribution >= 0.6 is 0 Å². The molecule has 0 amide bonds. The maximum absolute atomic E-state index is 13.6. The van der Waals surface area contributed by atoms with Gasteiger partial charge in [-0.2, -0.15) is 0 Å². The lowest BCUT2D eigenvalue weighted by atomic mass is 10.1. The maximum atomic E-state index is 13.6. The number of rotatable bonds is 4. The van der Waals surface area contributed by atoms with Crippen LogP contribution in [0.5, 0.6) is 5.88 Å². The number of pyridine rings is 1. The molecule has 0 saturated carbocycles. The molecule has 3 aromatic rings. The van der Waals surface area contributed by atoms with Gasteiger partial charge in [-0.15, -0.1) is 0 Å². The lowest BCUT2D eigenvalue weighted by molar-refractivity contribution is 0.266.